The van der Waals surface area contributed by atoms with Gasteiger partial charge in [-0.3, -0.25) is 19.2 Å². The van der Waals surface area contributed by atoms with Gasteiger partial charge in [-0.15, -0.1) is 6.58 Å². The van der Waals surface area contributed by atoms with Crippen molar-refractivity contribution in [2.75, 3.05) is 13.1 Å². The standard InChI is InChI=1S/C29H40N4O6.C3H8/c1-6-11-21(24(34)26(36)30-7-2)31-25(35)22-14-10-15-33(22)27(37)23(32-28(38)39-29(3,4)5)20-16-18-12-8-9-13-19(18)17-20;1-3-2/h6,8-9,12-13,20-23H,1,7,10-11,14-17H2,2-5H3,(H,30,36)(H,31,35)(H,32,38);3H2,1-2H3/t21?,22?,23-;/m0./s1. The summed E-state index contributed by atoms with van der Waals surface area (Å²) in [5, 5.41) is 7.89. The molecule has 2 unspecified atom stereocenters. The molecular formula is C32H48N4O6. The number of ether oxygens (including phenoxy) is 1. The van der Waals surface area contributed by atoms with Crippen LogP contribution in [0.3, 0.4) is 0 Å². The number of Topliss-reactive ketones (excluding diaryl/α,β-unsaturated/α-hetero) is 1. The van der Waals surface area contributed by atoms with Crippen molar-refractivity contribution in [1.82, 2.24) is 20.9 Å². The summed E-state index contributed by atoms with van der Waals surface area (Å²) in [6.07, 6.45) is 4.28. The van der Waals surface area contributed by atoms with Crippen LogP contribution in [0.2, 0.25) is 0 Å². The molecule has 1 heterocycles. The highest BCUT2D eigenvalue weighted by Crippen LogP contribution is 2.31. The summed E-state index contributed by atoms with van der Waals surface area (Å²) < 4.78 is 5.46. The van der Waals surface area contributed by atoms with Crippen LogP contribution in [0.4, 0.5) is 4.79 Å². The second kappa shape index (κ2) is 16.1. The van der Waals surface area contributed by atoms with Crippen molar-refractivity contribution in [3.63, 3.8) is 0 Å². The number of rotatable bonds is 10. The molecule has 0 spiro atoms. The molecule has 232 valence electrons. The number of ketones is 1. The zero-order valence-corrected chi connectivity index (χ0v) is 26.0. The van der Waals surface area contributed by atoms with E-state index < -0.39 is 47.4 Å². The van der Waals surface area contributed by atoms with E-state index in [2.05, 4.69) is 36.4 Å². The molecule has 3 rings (SSSR count). The number of carbonyl (C=O) groups is 5. The summed E-state index contributed by atoms with van der Waals surface area (Å²) in [5.41, 5.74) is 1.50. The number of likely N-dealkylation sites (tertiary alicyclic amines) is 1. The van der Waals surface area contributed by atoms with Gasteiger partial charge in [-0.1, -0.05) is 50.6 Å². The molecule has 0 saturated carbocycles. The summed E-state index contributed by atoms with van der Waals surface area (Å²) in [6.45, 7) is 15.4. The molecule has 3 atom stereocenters. The van der Waals surface area contributed by atoms with E-state index in [4.69, 9.17) is 4.74 Å². The number of hydrogen-bond donors (Lipinski definition) is 3. The van der Waals surface area contributed by atoms with Crippen molar-refractivity contribution in [1.29, 1.82) is 0 Å². The van der Waals surface area contributed by atoms with Gasteiger partial charge in [-0.25, -0.2) is 4.79 Å². The molecule has 0 aromatic heterocycles. The Morgan fingerprint density at radius 2 is 1.64 bits per heavy atom. The lowest BCUT2D eigenvalue weighted by atomic mass is 9.95. The number of alkyl carbamates (subject to hydrolysis) is 1. The number of likely N-dealkylation sites (N-methyl/N-ethyl adjacent to an activating group) is 1. The Balaban J connectivity index is 0.00000197. The number of amides is 4. The highest BCUT2D eigenvalue weighted by molar-refractivity contribution is 6.38. The first-order valence-corrected chi connectivity index (χ1v) is 15.0. The Bertz CT molecular complexity index is 1100. The normalized spacial score (nSPS) is 17.6. The molecule has 0 bridgehead atoms. The number of benzene rings is 1. The van der Waals surface area contributed by atoms with Crippen LogP contribution in [0.25, 0.3) is 0 Å². The van der Waals surface area contributed by atoms with Crippen LogP contribution >= 0.6 is 0 Å². The van der Waals surface area contributed by atoms with Crippen molar-refractivity contribution in [3.8, 4) is 0 Å². The van der Waals surface area contributed by atoms with Crippen LogP contribution in [-0.4, -0.2) is 71.3 Å². The third-order valence-electron chi connectivity index (χ3n) is 6.93. The van der Waals surface area contributed by atoms with Gasteiger partial charge in [0.1, 0.15) is 23.7 Å². The van der Waals surface area contributed by atoms with E-state index in [-0.39, 0.29) is 24.8 Å². The predicted molar refractivity (Wildman–Crippen MR) is 162 cm³/mol. The SMILES string of the molecule is C=CCC(NC(=O)C1CCCN1C(=O)[C@@H](NC(=O)OC(C)(C)C)C1Cc2ccccc2C1)C(=O)C(=O)NCC.CCC. The number of nitrogens with zero attached hydrogens (tertiary/aromatic N) is 1. The largest absolute Gasteiger partial charge is 0.444 e. The van der Waals surface area contributed by atoms with Crippen LogP contribution < -0.4 is 16.0 Å². The molecule has 3 N–H and O–H groups in total. The monoisotopic (exact) mass is 584 g/mol. The number of nitrogens with one attached hydrogen (secondary N) is 3. The Kier molecular flexibility index (Phi) is 13.2. The molecule has 10 nitrogen and oxygen atoms in total. The summed E-state index contributed by atoms with van der Waals surface area (Å²) >= 11 is 0. The van der Waals surface area contributed by atoms with Gasteiger partial charge in [0.05, 0.1) is 0 Å². The summed E-state index contributed by atoms with van der Waals surface area (Å²) in [7, 11) is 0. The highest BCUT2D eigenvalue weighted by atomic mass is 16.6. The quantitative estimate of drug-likeness (QED) is 0.285. The van der Waals surface area contributed by atoms with Gasteiger partial charge in [0.15, 0.2) is 0 Å². The minimum Gasteiger partial charge on any atom is -0.444 e. The van der Waals surface area contributed by atoms with E-state index >= 15 is 0 Å². The molecule has 1 aromatic rings. The summed E-state index contributed by atoms with van der Waals surface area (Å²) in [4.78, 5) is 66.2. The zero-order valence-electron chi connectivity index (χ0n) is 26.0. The first-order chi connectivity index (χ1) is 19.9. The third-order valence-corrected chi connectivity index (χ3v) is 6.93. The van der Waals surface area contributed by atoms with Crippen molar-refractivity contribution >= 4 is 29.6 Å². The van der Waals surface area contributed by atoms with Crippen molar-refractivity contribution < 1.29 is 28.7 Å². The van der Waals surface area contributed by atoms with Gasteiger partial charge >= 0.3 is 6.09 Å². The Morgan fingerprint density at radius 1 is 1.05 bits per heavy atom. The van der Waals surface area contributed by atoms with Crippen LogP contribution in [0.5, 0.6) is 0 Å². The van der Waals surface area contributed by atoms with E-state index in [1.807, 2.05) is 24.3 Å². The maximum Gasteiger partial charge on any atom is 0.408 e. The molecule has 1 aromatic carbocycles. The van der Waals surface area contributed by atoms with Crippen molar-refractivity contribution in [2.24, 2.45) is 5.92 Å². The molecule has 10 heteroatoms. The molecule has 0 radical (unpaired) electrons. The lowest BCUT2D eigenvalue weighted by molar-refractivity contribution is -0.143. The Labute approximate surface area is 250 Å². The second-order valence-corrected chi connectivity index (χ2v) is 11.8. The average Bonchev–Trinajstić information content (AvgIpc) is 3.58. The second-order valence-electron chi connectivity index (χ2n) is 11.8. The smallest absolute Gasteiger partial charge is 0.408 e. The number of hydrogen-bond acceptors (Lipinski definition) is 6. The van der Waals surface area contributed by atoms with Crippen LogP contribution in [0.15, 0.2) is 36.9 Å². The van der Waals surface area contributed by atoms with Crippen LogP contribution in [-0.2, 0) is 36.8 Å². The predicted octanol–water partition coefficient (Wildman–Crippen LogP) is 3.47. The Morgan fingerprint density at radius 3 is 2.17 bits per heavy atom. The molecular weight excluding hydrogens is 536 g/mol. The zero-order chi connectivity index (χ0) is 31.4. The maximum absolute atomic E-state index is 14.0. The fourth-order valence-electron chi connectivity index (χ4n) is 5.20. The molecule has 42 heavy (non-hydrogen) atoms. The molecule has 2 aliphatic rings. The number of fused-ring (bicyclic) bond motifs is 1. The van der Waals surface area contributed by atoms with Crippen LogP contribution in [0, 0.1) is 5.92 Å². The third kappa shape index (κ3) is 9.70. The highest BCUT2D eigenvalue weighted by Gasteiger charge is 2.43. The fraction of sp³-hybridized carbons (Fsp3) is 0.594. The first kappa shape index (κ1) is 34.5. The van der Waals surface area contributed by atoms with E-state index in [0.717, 1.165) is 11.1 Å². The van der Waals surface area contributed by atoms with Gasteiger partial charge in [0, 0.05) is 13.1 Å². The molecule has 1 saturated heterocycles. The summed E-state index contributed by atoms with van der Waals surface area (Å²) in [5.74, 6) is -2.65. The first-order valence-electron chi connectivity index (χ1n) is 15.0. The van der Waals surface area contributed by atoms with Gasteiger partial charge in [0.25, 0.3) is 5.91 Å². The lowest BCUT2D eigenvalue weighted by Gasteiger charge is -2.32. The molecule has 4 amide bonds. The summed E-state index contributed by atoms with van der Waals surface area (Å²) in [6, 6.07) is 5.10. The minimum absolute atomic E-state index is 0.0749. The van der Waals surface area contributed by atoms with E-state index in [1.54, 1.807) is 27.7 Å². The molecule has 1 fully saturated rings. The number of carbonyl (C=O) groups excluding carboxylic acids is 5. The lowest BCUT2D eigenvalue weighted by Crippen LogP contribution is -2.58. The molecule has 1 aliphatic heterocycles. The van der Waals surface area contributed by atoms with Crippen LogP contribution in [0.1, 0.15) is 78.4 Å². The van der Waals surface area contributed by atoms with Crippen molar-refractivity contribution in [3.05, 3.63) is 48.0 Å². The van der Waals surface area contributed by atoms with Gasteiger partial charge in [0.2, 0.25) is 17.6 Å². The average molecular weight is 585 g/mol. The van der Waals surface area contributed by atoms with Gasteiger partial charge in [-0.2, -0.15) is 0 Å². The van der Waals surface area contributed by atoms with E-state index in [9.17, 15) is 24.0 Å². The minimum atomic E-state index is -1.08. The van der Waals surface area contributed by atoms with Gasteiger partial charge < -0.3 is 25.6 Å². The molecule has 1 aliphatic carbocycles. The Hall–Kier alpha value is -3.69. The topological polar surface area (TPSA) is 134 Å². The van der Waals surface area contributed by atoms with Gasteiger partial charge in [-0.05, 0) is 76.8 Å². The van der Waals surface area contributed by atoms with E-state index in [1.165, 1.54) is 17.4 Å². The maximum atomic E-state index is 14.0. The fourth-order valence-corrected chi connectivity index (χ4v) is 5.20. The van der Waals surface area contributed by atoms with E-state index in [0.29, 0.717) is 32.2 Å². The van der Waals surface area contributed by atoms with Crippen molar-refractivity contribution in [2.45, 2.75) is 104 Å².